The summed E-state index contributed by atoms with van der Waals surface area (Å²) in [6.07, 6.45) is 5.45. The molecule has 112 valence electrons. The lowest BCUT2D eigenvalue weighted by molar-refractivity contribution is 0.0705. The first-order chi connectivity index (χ1) is 10.8. The number of thiazole rings is 1. The van der Waals surface area contributed by atoms with Gasteiger partial charge in [0, 0.05) is 18.7 Å². The van der Waals surface area contributed by atoms with Gasteiger partial charge < -0.3 is 10.2 Å². The largest absolute Gasteiger partial charge is 0.336 e. The lowest BCUT2D eigenvalue weighted by atomic mass is 10.1. The first-order valence-corrected chi connectivity index (χ1v) is 8.04. The van der Waals surface area contributed by atoms with Crippen molar-refractivity contribution >= 4 is 17.2 Å². The van der Waals surface area contributed by atoms with Crippen LogP contribution < -0.4 is 5.32 Å². The van der Waals surface area contributed by atoms with E-state index in [1.54, 1.807) is 11.1 Å². The number of aromatic nitrogens is 1. The van der Waals surface area contributed by atoms with Crippen LogP contribution in [0.3, 0.4) is 0 Å². The zero-order valence-corrected chi connectivity index (χ0v) is 12.8. The van der Waals surface area contributed by atoms with Gasteiger partial charge in [-0.2, -0.15) is 5.26 Å². The Hall–Kier alpha value is -2.39. The van der Waals surface area contributed by atoms with E-state index in [-0.39, 0.29) is 11.9 Å². The highest BCUT2D eigenvalue weighted by Gasteiger charge is 2.25. The van der Waals surface area contributed by atoms with Crippen molar-refractivity contribution in [2.24, 2.45) is 0 Å². The predicted octanol–water partition coefficient (Wildman–Crippen LogP) is 2.49. The average Bonchev–Trinajstić information content (AvgIpc) is 3.05. The van der Waals surface area contributed by atoms with Gasteiger partial charge in [0.1, 0.15) is 9.88 Å². The summed E-state index contributed by atoms with van der Waals surface area (Å²) in [5, 5.41) is 12.3. The number of piperidine rings is 1. The van der Waals surface area contributed by atoms with E-state index in [0.29, 0.717) is 11.4 Å². The first-order valence-electron chi connectivity index (χ1n) is 7.23. The van der Waals surface area contributed by atoms with E-state index >= 15 is 0 Å². The van der Waals surface area contributed by atoms with Crippen LogP contribution in [0.1, 0.15) is 22.5 Å². The zero-order chi connectivity index (χ0) is 15.4. The molecule has 0 spiro atoms. The van der Waals surface area contributed by atoms with Crippen molar-refractivity contribution in [1.82, 2.24) is 15.2 Å². The third-order valence-electron chi connectivity index (χ3n) is 3.71. The van der Waals surface area contributed by atoms with Gasteiger partial charge in [-0.05, 0) is 12.8 Å². The first kappa shape index (κ1) is 14.5. The van der Waals surface area contributed by atoms with Crippen LogP contribution in [-0.2, 0) is 0 Å². The zero-order valence-electron chi connectivity index (χ0n) is 12.0. The molecule has 1 unspecified atom stereocenters. The summed E-state index contributed by atoms with van der Waals surface area (Å²) in [7, 11) is 0. The van der Waals surface area contributed by atoms with Gasteiger partial charge in [0.05, 0.1) is 12.2 Å². The van der Waals surface area contributed by atoms with Crippen molar-refractivity contribution in [1.29, 1.82) is 5.26 Å². The molecule has 1 saturated heterocycles. The van der Waals surface area contributed by atoms with E-state index in [1.165, 1.54) is 11.3 Å². The number of amides is 1. The molecular formula is C16H16N4OS. The molecule has 2 aromatic rings. The molecule has 3 rings (SSSR count). The van der Waals surface area contributed by atoms with Gasteiger partial charge in [0.15, 0.2) is 6.19 Å². The van der Waals surface area contributed by atoms with E-state index in [9.17, 15) is 4.79 Å². The van der Waals surface area contributed by atoms with E-state index in [4.69, 9.17) is 5.26 Å². The fourth-order valence-corrected chi connectivity index (χ4v) is 3.50. The maximum absolute atomic E-state index is 12.6. The summed E-state index contributed by atoms with van der Waals surface area (Å²) in [6.45, 7) is 1.31. The van der Waals surface area contributed by atoms with Crippen molar-refractivity contribution in [3.8, 4) is 16.8 Å². The summed E-state index contributed by atoms with van der Waals surface area (Å²) < 4.78 is 0. The summed E-state index contributed by atoms with van der Waals surface area (Å²) in [5.41, 5.74) is 1.02. The molecule has 1 atom stereocenters. The van der Waals surface area contributed by atoms with Gasteiger partial charge in [-0.15, -0.1) is 11.3 Å². The molecular weight excluding hydrogens is 296 g/mol. The number of nitriles is 1. The molecule has 1 aromatic carbocycles. The fraction of sp³-hybridized carbons (Fsp3) is 0.312. The summed E-state index contributed by atoms with van der Waals surface area (Å²) in [4.78, 5) is 19.4. The molecule has 22 heavy (non-hydrogen) atoms. The Morgan fingerprint density at radius 3 is 3.00 bits per heavy atom. The molecule has 1 aliphatic heterocycles. The second-order valence-corrected chi connectivity index (χ2v) is 6.27. The van der Waals surface area contributed by atoms with Gasteiger partial charge in [-0.3, -0.25) is 4.79 Å². The van der Waals surface area contributed by atoms with E-state index in [2.05, 4.69) is 10.3 Å². The maximum Gasteiger partial charge on any atom is 0.265 e. The number of hydrogen-bond donors (Lipinski definition) is 1. The van der Waals surface area contributed by atoms with Gasteiger partial charge in [-0.1, -0.05) is 30.3 Å². The Morgan fingerprint density at radius 1 is 1.41 bits per heavy atom. The lowest BCUT2D eigenvalue weighted by Gasteiger charge is -2.31. The molecule has 0 radical (unpaired) electrons. The van der Waals surface area contributed by atoms with Crippen LogP contribution in [-0.4, -0.2) is 34.9 Å². The molecule has 0 bridgehead atoms. The molecule has 5 nitrogen and oxygen atoms in total. The number of nitrogens with zero attached hydrogens (tertiary/aromatic N) is 3. The number of likely N-dealkylation sites (tertiary alicyclic amines) is 1. The normalized spacial score (nSPS) is 17.8. The molecule has 0 saturated carbocycles. The maximum atomic E-state index is 12.6. The number of benzene rings is 1. The lowest BCUT2D eigenvalue weighted by Crippen LogP contribution is -2.46. The average molecular weight is 312 g/mol. The van der Waals surface area contributed by atoms with Gasteiger partial charge >= 0.3 is 0 Å². The smallest absolute Gasteiger partial charge is 0.265 e. The molecule has 2 heterocycles. The third-order valence-corrected chi connectivity index (χ3v) is 4.75. The Labute approximate surface area is 133 Å². The summed E-state index contributed by atoms with van der Waals surface area (Å²) in [6, 6.07) is 9.91. The van der Waals surface area contributed by atoms with E-state index < -0.39 is 0 Å². The minimum absolute atomic E-state index is 0.00382. The van der Waals surface area contributed by atoms with Crippen molar-refractivity contribution in [3.05, 3.63) is 41.4 Å². The number of rotatable bonds is 3. The Kier molecular flexibility index (Phi) is 4.35. The van der Waals surface area contributed by atoms with Gasteiger partial charge in [-0.25, -0.2) is 4.98 Å². The topological polar surface area (TPSA) is 69.0 Å². The Balaban J connectivity index is 1.73. The standard InChI is InChI=1S/C16H16N4OS/c17-11-19-13-7-4-8-20(10-13)16(21)14-9-18-15(22-14)12-5-2-1-3-6-12/h1-3,5-6,9,13,19H,4,7-8,10H2. The molecule has 1 fully saturated rings. The van der Waals surface area contributed by atoms with Crippen LogP contribution in [0.2, 0.25) is 0 Å². The van der Waals surface area contributed by atoms with Crippen molar-refractivity contribution in [2.45, 2.75) is 18.9 Å². The molecule has 1 aliphatic rings. The number of carbonyl (C=O) groups excluding carboxylic acids is 1. The predicted molar refractivity (Wildman–Crippen MR) is 85.2 cm³/mol. The molecule has 1 N–H and O–H groups in total. The van der Waals surface area contributed by atoms with Crippen LogP contribution in [0.15, 0.2) is 36.5 Å². The SMILES string of the molecule is N#CNC1CCCN(C(=O)c2cnc(-c3ccccc3)s2)C1. The Morgan fingerprint density at radius 2 is 2.23 bits per heavy atom. The van der Waals surface area contributed by atoms with E-state index in [0.717, 1.165) is 30.0 Å². The van der Waals surface area contributed by atoms with Gasteiger partial charge in [0.2, 0.25) is 0 Å². The highest BCUT2D eigenvalue weighted by atomic mass is 32.1. The molecule has 1 aromatic heterocycles. The van der Waals surface area contributed by atoms with Crippen LogP contribution in [0.4, 0.5) is 0 Å². The van der Waals surface area contributed by atoms with Crippen LogP contribution in [0.5, 0.6) is 0 Å². The van der Waals surface area contributed by atoms with Crippen molar-refractivity contribution in [2.75, 3.05) is 13.1 Å². The van der Waals surface area contributed by atoms with Crippen molar-refractivity contribution in [3.63, 3.8) is 0 Å². The monoisotopic (exact) mass is 312 g/mol. The van der Waals surface area contributed by atoms with Gasteiger partial charge in [0.25, 0.3) is 5.91 Å². The molecule has 6 heteroatoms. The highest BCUT2D eigenvalue weighted by Crippen LogP contribution is 2.26. The van der Waals surface area contributed by atoms with E-state index in [1.807, 2.05) is 36.5 Å². The second-order valence-electron chi connectivity index (χ2n) is 5.24. The second kappa shape index (κ2) is 6.58. The van der Waals surface area contributed by atoms with Crippen LogP contribution in [0, 0.1) is 11.5 Å². The molecule has 1 amide bonds. The van der Waals surface area contributed by atoms with Crippen LogP contribution in [0.25, 0.3) is 10.6 Å². The van der Waals surface area contributed by atoms with Crippen molar-refractivity contribution < 1.29 is 4.79 Å². The number of nitrogens with one attached hydrogen (secondary N) is 1. The minimum Gasteiger partial charge on any atom is -0.336 e. The molecule has 0 aliphatic carbocycles. The highest BCUT2D eigenvalue weighted by molar-refractivity contribution is 7.16. The number of carbonyl (C=O) groups is 1. The quantitative estimate of drug-likeness (QED) is 0.698. The third kappa shape index (κ3) is 3.10. The van der Waals surface area contributed by atoms with Crippen LogP contribution >= 0.6 is 11.3 Å². The summed E-state index contributed by atoms with van der Waals surface area (Å²) >= 11 is 1.41. The fourth-order valence-electron chi connectivity index (χ4n) is 2.61. The Bertz CT molecular complexity index is 692. The number of hydrogen-bond acceptors (Lipinski definition) is 5. The minimum atomic E-state index is 0.00382. The summed E-state index contributed by atoms with van der Waals surface area (Å²) in [5.74, 6) is 0.00382.